The van der Waals surface area contributed by atoms with Gasteiger partial charge in [0.1, 0.15) is 0 Å². The average Bonchev–Trinajstić information content (AvgIpc) is 2.97. The van der Waals surface area contributed by atoms with E-state index in [2.05, 4.69) is 5.92 Å². The topological polar surface area (TPSA) is 37.4 Å². The summed E-state index contributed by atoms with van der Waals surface area (Å²) in [6, 6.07) is 7.56. The van der Waals surface area contributed by atoms with Gasteiger partial charge in [-0.15, -0.1) is 12.3 Å². The molecule has 0 bridgehead atoms. The van der Waals surface area contributed by atoms with Crippen molar-refractivity contribution in [3.05, 3.63) is 41.5 Å². The van der Waals surface area contributed by atoms with Gasteiger partial charge in [0, 0.05) is 12.0 Å². The fourth-order valence-corrected chi connectivity index (χ4v) is 4.16. The molecule has 0 aromatic heterocycles. The van der Waals surface area contributed by atoms with Crippen LogP contribution in [0.4, 0.5) is 5.69 Å². The first kappa shape index (κ1) is 24.9. The summed E-state index contributed by atoms with van der Waals surface area (Å²) in [5.41, 5.74) is 2.44. The largest absolute Gasteiger partial charge is 0.273 e. The number of carbonyl (C=O) groups excluding carboxylic acids is 2. The summed E-state index contributed by atoms with van der Waals surface area (Å²) in [4.78, 5) is 26.8. The second-order valence-corrected chi connectivity index (χ2v) is 8.83. The lowest BCUT2D eigenvalue weighted by Crippen LogP contribution is -2.30. The van der Waals surface area contributed by atoms with Crippen molar-refractivity contribution in [3.8, 4) is 12.3 Å². The number of allylic oxidation sites excluding steroid dienone is 1. The fraction of sp³-hybridized carbons (Fsp3) is 0.571. The molecule has 0 spiro atoms. The number of hydrogen-bond acceptors (Lipinski definition) is 2. The molecular formula is C28H39NO2. The van der Waals surface area contributed by atoms with Crippen molar-refractivity contribution < 1.29 is 9.59 Å². The van der Waals surface area contributed by atoms with Crippen LogP contribution in [-0.4, -0.2) is 11.8 Å². The Kier molecular flexibility index (Phi) is 11.1. The summed E-state index contributed by atoms with van der Waals surface area (Å²) in [6.07, 6.45) is 23.0. The molecule has 0 saturated carbocycles. The van der Waals surface area contributed by atoms with Crippen LogP contribution in [0.5, 0.6) is 0 Å². The van der Waals surface area contributed by atoms with Crippen LogP contribution in [0.2, 0.25) is 0 Å². The van der Waals surface area contributed by atoms with E-state index in [1.807, 2.05) is 44.2 Å². The van der Waals surface area contributed by atoms with Gasteiger partial charge in [0.15, 0.2) is 0 Å². The van der Waals surface area contributed by atoms with E-state index in [-0.39, 0.29) is 17.7 Å². The maximum Gasteiger partial charge on any atom is 0.261 e. The minimum atomic E-state index is -0.347. The fourth-order valence-electron chi connectivity index (χ4n) is 4.16. The third-order valence-corrected chi connectivity index (χ3v) is 6.19. The van der Waals surface area contributed by atoms with E-state index in [1.54, 1.807) is 0 Å². The number of unbranched alkanes of at least 4 members (excludes halogenated alkanes) is 12. The van der Waals surface area contributed by atoms with Crippen molar-refractivity contribution in [3.63, 3.8) is 0 Å². The van der Waals surface area contributed by atoms with Crippen molar-refractivity contribution in [2.24, 2.45) is 5.92 Å². The number of anilines is 1. The predicted molar refractivity (Wildman–Crippen MR) is 130 cm³/mol. The summed E-state index contributed by atoms with van der Waals surface area (Å²) >= 11 is 0. The van der Waals surface area contributed by atoms with Crippen LogP contribution < -0.4 is 4.90 Å². The number of amides is 2. The Morgan fingerprint density at radius 1 is 0.871 bits per heavy atom. The smallest absolute Gasteiger partial charge is 0.261 e. The molecule has 3 nitrogen and oxygen atoms in total. The number of carbonyl (C=O) groups is 2. The van der Waals surface area contributed by atoms with Crippen molar-refractivity contribution in [2.45, 2.75) is 97.3 Å². The molecule has 1 atom stereocenters. The lowest BCUT2D eigenvalue weighted by atomic mass is 10.0. The van der Waals surface area contributed by atoms with Gasteiger partial charge in [0.05, 0.1) is 11.6 Å². The van der Waals surface area contributed by atoms with Crippen LogP contribution >= 0.6 is 0 Å². The number of imide groups is 1. The van der Waals surface area contributed by atoms with Crippen LogP contribution in [0.15, 0.2) is 35.9 Å². The highest BCUT2D eigenvalue weighted by Gasteiger charge is 2.40. The first-order chi connectivity index (χ1) is 15.1. The zero-order chi connectivity index (χ0) is 22.5. The highest BCUT2D eigenvalue weighted by atomic mass is 16.2. The zero-order valence-corrected chi connectivity index (χ0v) is 19.5. The average molecular weight is 422 g/mol. The Morgan fingerprint density at radius 2 is 1.39 bits per heavy atom. The van der Waals surface area contributed by atoms with Gasteiger partial charge >= 0.3 is 0 Å². The molecule has 1 heterocycles. The molecule has 1 fully saturated rings. The molecule has 168 valence electrons. The maximum absolute atomic E-state index is 12.8. The van der Waals surface area contributed by atoms with Gasteiger partial charge in [-0.3, -0.25) is 9.59 Å². The minimum absolute atomic E-state index is 0.115. The highest BCUT2D eigenvalue weighted by molar-refractivity contribution is 6.29. The lowest BCUT2D eigenvalue weighted by molar-refractivity contribution is -0.122. The van der Waals surface area contributed by atoms with E-state index < -0.39 is 0 Å². The standard InChI is InChI=1S/C28H39NO2/c1-4-5-6-7-8-9-10-11-12-13-14-15-16-17-18-26-24(3)27(30)29(28(26)31)25-21-19-23(2)20-22-25/h1,18-22,24H,5-17H2,2-3H3/b26-18+. The van der Waals surface area contributed by atoms with E-state index in [0.29, 0.717) is 11.3 Å². The molecule has 0 radical (unpaired) electrons. The zero-order valence-electron chi connectivity index (χ0n) is 19.5. The molecule has 1 aromatic rings. The maximum atomic E-state index is 12.8. The Labute approximate surface area is 189 Å². The monoisotopic (exact) mass is 421 g/mol. The summed E-state index contributed by atoms with van der Waals surface area (Å²) < 4.78 is 0. The van der Waals surface area contributed by atoms with Gasteiger partial charge in [-0.1, -0.05) is 81.6 Å². The molecule has 2 rings (SSSR count). The number of nitrogens with zero attached hydrogens (tertiary/aromatic N) is 1. The van der Waals surface area contributed by atoms with Crippen LogP contribution in [0, 0.1) is 25.2 Å². The molecular weight excluding hydrogens is 382 g/mol. The van der Waals surface area contributed by atoms with Gasteiger partial charge in [-0.05, 0) is 45.2 Å². The molecule has 1 aliphatic heterocycles. The molecule has 0 N–H and O–H groups in total. The second kappa shape index (κ2) is 13.9. The number of hydrogen-bond donors (Lipinski definition) is 0. The molecule has 31 heavy (non-hydrogen) atoms. The molecule has 1 unspecified atom stereocenters. The van der Waals surface area contributed by atoms with E-state index in [1.165, 1.54) is 69.1 Å². The van der Waals surface area contributed by atoms with Gasteiger partial charge in [0.25, 0.3) is 5.91 Å². The quantitative estimate of drug-likeness (QED) is 0.139. The van der Waals surface area contributed by atoms with Crippen molar-refractivity contribution in [1.82, 2.24) is 0 Å². The van der Waals surface area contributed by atoms with Crippen molar-refractivity contribution in [2.75, 3.05) is 4.90 Å². The molecule has 2 amide bonds. The summed E-state index contributed by atoms with van der Waals surface area (Å²) in [7, 11) is 0. The summed E-state index contributed by atoms with van der Waals surface area (Å²) in [6.45, 7) is 3.84. The molecule has 3 heteroatoms. The lowest BCUT2D eigenvalue weighted by Gasteiger charge is -2.13. The number of benzene rings is 1. The van der Waals surface area contributed by atoms with Crippen LogP contribution in [-0.2, 0) is 9.59 Å². The van der Waals surface area contributed by atoms with E-state index in [9.17, 15) is 9.59 Å². The highest BCUT2D eigenvalue weighted by Crippen LogP contribution is 2.31. The Balaban J connectivity index is 1.60. The van der Waals surface area contributed by atoms with Gasteiger partial charge in [-0.25, -0.2) is 4.90 Å². The van der Waals surface area contributed by atoms with Crippen molar-refractivity contribution in [1.29, 1.82) is 0 Å². The number of terminal acetylenes is 1. The Bertz CT molecular complexity index is 769. The first-order valence-electron chi connectivity index (χ1n) is 12.1. The third-order valence-electron chi connectivity index (χ3n) is 6.19. The first-order valence-corrected chi connectivity index (χ1v) is 12.1. The third kappa shape index (κ3) is 8.02. The summed E-state index contributed by atoms with van der Waals surface area (Å²) in [5.74, 6) is 2.09. The van der Waals surface area contributed by atoms with Gasteiger partial charge in [0.2, 0.25) is 5.91 Å². The molecule has 1 aliphatic rings. The number of aryl methyl sites for hydroxylation is 1. The predicted octanol–water partition coefficient (Wildman–Crippen LogP) is 7.14. The summed E-state index contributed by atoms with van der Waals surface area (Å²) in [5, 5.41) is 0. The minimum Gasteiger partial charge on any atom is -0.273 e. The van der Waals surface area contributed by atoms with Crippen LogP contribution in [0.1, 0.15) is 96.0 Å². The SMILES string of the molecule is C#CCCCCCCCCCCCCC/C=C1/C(=O)N(c2ccc(C)cc2)C(=O)C1C. The second-order valence-electron chi connectivity index (χ2n) is 8.83. The number of rotatable bonds is 14. The van der Waals surface area contributed by atoms with Crippen molar-refractivity contribution >= 4 is 17.5 Å². The Morgan fingerprint density at radius 3 is 1.94 bits per heavy atom. The van der Waals surface area contributed by atoms with Crippen LogP contribution in [0.3, 0.4) is 0 Å². The van der Waals surface area contributed by atoms with Gasteiger partial charge in [-0.2, -0.15) is 0 Å². The van der Waals surface area contributed by atoms with E-state index >= 15 is 0 Å². The van der Waals surface area contributed by atoms with Crippen LogP contribution in [0.25, 0.3) is 0 Å². The molecule has 0 aliphatic carbocycles. The Hall–Kier alpha value is -2.34. The molecule has 1 aromatic carbocycles. The molecule has 1 saturated heterocycles. The normalized spacial score (nSPS) is 17.5. The van der Waals surface area contributed by atoms with Gasteiger partial charge < -0.3 is 0 Å². The van der Waals surface area contributed by atoms with E-state index in [4.69, 9.17) is 6.42 Å². The van der Waals surface area contributed by atoms with E-state index in [0.717, 1.165) is 24.8 Å².